The van der Waals surface area contributed by atoms with E-state index in [1.54, 1.807) is 18.2 Å². The van der Waals surface area contributed by atoms with E-state index in [1.807, 2.05) is 32.0 Å². The summed E-state index contributed by atoms with van der Waals surface area (Å²) in [7, 11) is 3.64. The van der Waals surface area contributed by atoms with Crippen molar-refractivity contribution in [1.29, 1.82) is 0 Å². The molecule has 0 saturated carbocycles. The number of anilines is 1. The van der Waals surface area contributed by atoms with Crippen LogP contribution in [0.4, 0.5) is 5.69 Å². The number of nitrogens with one attached hydrogen (secondary N) is 2. The topological polar surface area (TPSA) is 83.1 Å². The van der Waals surface area contributed by atoms with Gasteiger partial charge in [-0.25, -0.2) is 0 Å². The molecule has 1 heterocycles. The lowest BCUT2D eigenvalue weighted by Gasteiger charge is -2.32. The Bertz CT molecular complexity index is 955. The molecule has 0 atom stereocenters. The van der Waals surface area contributed by atoms with Crippen molar-refractivity contribution in [3.05, 3.63) is 53.6 Å². The summed E-state index contributed by atoms with van der Waals surface area (Å²) in [5.74, 6) is 0.338. The zero-order valence-corrected chi connectivity index (χ0v) is 19.9. The minimum Gasteiger partial charge on any atom is -0.493 e. The van der Waals surface area contributed by atoms with Crippen molar-refractivity contribution in [2.45, 2.75) is 26.4 Å². The molecule has 178 valence electrons. The van der Waals surface area contributed by atoms with Gasteiger partial charge < -0.3 is 25.0 Å². The van der Waals surface area contributed by atoms with Gasteiger partial charge in [0, 0.05) is 50.0 Å². The number of benzene rings is 2. The summed E-state index contributed by atoms with van der Waals surface area (Å²) in [4.78, 5) is 29.4. The minimum absolute atomic E-state index is 0.0362. The van der Waals surface area contributed by atoms with Gasteiger partial charge in [0.05, 0.1) is 7.11 Å². The number of rotatable bonds is 9. The number of hydrogen-bond donors (Lipinski definition) is 2. The number of piperazine rings is 1. The van der Waals surface area contributed by atoms with Crippen LogP contribution in [0.2, 0.25) is 0 Å². The Kier molecular flexibility index (Phi) is 8.68. The molecule has 0 aliphatic carbocycles. The molecule has 8 heteroatoms. The maximum absolute atomic E-state index is 12.8. The summed E-state index contributed by atoms with van der Waals surface area (Å²) in [6.45, 7) is 8.73. The summed E-state index contributed by atoms with van der Waals surface area (Å²) < 4.78 is 10.9. The first-order valence-corrected chi connectivity index (χ1v) is 11.3. The largest absolute Gasteiger partial charge is 0.493 e. The van der Waals surface area contributed by atoms with E-state index in [1.165, 1.54) is 12.7 Å². The Morgan fingerprint density at radius 2 is 1.79 bits per heavy atom. The molecule has 0 spiro atoms. The standard InChI is InChI=1S/C25H34N4O4/c1-18(2)26-24(30)17-33-22-9-8-20(15-23(22)32-4)25(31)27-21-7-5-6-19(14-21)16-29-12-10-28(3)11-13-29/h5-9,14-15,18H,10-13,16-17H2,1-4H3,(H,26,30)(H,27,31). The van der Waals surface area contributed by atoms with E-state index in [0.717, 1.165) is 38.4 Å². The highest BCUT2D eigenvalue weighted by molar-refractivity contribution is 6.04. The number of methoxy groups -OCH3 is 1. The summed E-state index contributed by atoms with van der Waals surface area (Å²) in [5.41, 5.74) is 2.35. The minimum atomic E-state index is -0.242. The Morgan fingerprint density at radius 3 is 2.48 bits per heavy atom. The van der Waals surface area contributed by atoms with Crippen LogP contribution >= 0.6 is 0 Å². The number of nitrogens with zero attached hydrogens (tertiary/aromatic N) is 2. The predicted molar refractivity (Wildman–Crippen MR) is 129 cm³/mol. The molecule has 2 aromatic carbocycles. The van der Waals surface area contributed by atoms with E-state index in [2.05, 4.69) is 33.5 Å². The van der Waals surface area contributed by atoms with Crippen molar-refractivity contribution < 1.29 is 19.1 Å². The first-order chi connectivity index (χ1) is 15.8. The van der Waals surface area contributed by atoms with Gasteiger partial charge in [-0.15, -0.1) is 0 Å². The molecule has 1 aliphatic heterocycles. The molecule has 0 unspecified atom stereocenters. The third-order valence-corrected chi connectivity index (χ3v) is 5.42. The van der Waals surface area contributed by atoms with Crippen LogP contribution in [0, 0.1) is 0 Å². The number of carbonyl (C=O) groups is 2. The smallest absolute Gasteiger partial charge is 0.258 e. The Morgan fingerprint density at radius 1 is 1.03 bits per heavy atom. The summed E-state index contributed by atoms with van der Waals surface area (Å²) in [6.07, 6.45) is 0. The van der Waals surface area contributed by atoms with Gasteiger partial charge in [0.25, 0.3) is 11.8 Å². The third-order valence-electron chi connectivity index (χ3n) is 5.42. The maximum atomic E-state index is 12.8. The second-order valence-corrected chi connectivity index (χ2v) is 8.61. The lowest BCUT2D eigenvalue weighted by atomic mass is 10.1. The van der Waals surface area contributed by atoms with Gasteiger partial charge in [-0.3, -0.25) is 14.5 Å². The second-order valence-electron chi connectivity index (χ2n) is 8.61. The highest BCUT2D eigenvalue weighted by Crippen LogP contribution is 2.28. The average Bonchev–Trinajstić information content (AvgIpc) is 2.79. The van der Waals surface area contributed by atoms with Crippen LogP contribution in [0.25, 0.3) is 0 Å². The zero-order valence-electron chi connectivity index (χ0n) is 19.9. The number of ether oxygens (including phenoxy) is 2. The number of hydrogen-bond acceptors (Lipinski definition) is 6. The monoisotopic (exact) mass is 454 g/mol. The Hall–Kier alpha value is -3.10. The van der Waals surface area contributed by atoms with Crippen molar-refractivity contribution in [1.82, 2.24) is 15.1 Å². The predicted octanol–water partition coefficient (Wildman–Crippen LogP) is 2.60. The van der Waals surface area contributed by atoms with Crippen molar-refractivity contribution in [2.24, 2.45) is 0 Å². The van der Waals surface area contributed by atoms with Crippen molar-refractivity contribution in [3.63, 3.8) is 0 Å². The molecule has 1 fully saturated rings. The van der Waals surface area contributed by atoms with Crippen LogP contribution in [0.15, 0.2) is 42.5 Å². The molecular weight excluding hydrogens is 420 g/mol. The molecule has 1 aliphatic rings. The highest BCUT2D eigenvalue weighted by Gasteiger charge is 2.15. The zero-order chi connectivity index (χ0) is 23.8. The third kappa shape index (κ3) is 7.47. The molecule has 0 radical (unpaired) electrons. The Balaban J connectivity index is 1.61. The molecule has 1 saturated heterocycles. The molecule has 2 N–H and O–H groups in total. The van der Waals surface area contributed by atoms with Gasteiger partial charge in [0.15, 0.2) is 18.1 Å². The number of amides is 2. The van der Waals surface area contributed by atoms with Crippen molar-refractivity contribution in [2.75, 3.05) is 52.3 Å². The molecule has 2 amide bonds. The van der Waals surface area contributed by atoms with Crippen LogP contribution in [0.3, 0.4) is 0 Å². The number of likely N-dealkylation sites (N-methyl/N-ethyl adjacent to an activating group) is 1. The Labute approximate surface area is 195 Å². The van der Waals surface area contributed by atoms with Gasteiger partial charge in [0.1, 0.15) is 0 Å². The number of carbonyl (C=O) groups excluding carboxylic acids is 2. The summed E-state index contributed by atoms with van der Waals surface area (Å²) in [6, 6.07) is 12.9. The van der Waals surface area contributed by atoms with E-state index < -0.39 is 0 Å². The van der Waals surface area contributed by atoms with Gasteiger partial charge in [0.2, 0.25) is 0 Å². The van der Waals surface area contributed by atoms with E-state index in [-0.39, 0.29) is 24.5 Å². The van der Waals surface area contributed by atoms with Crippen LogP contribution in [0.1, 0.15) is 29.8 Å². The van der Waals surface area contributed by atoms with E-state index >= 15 is 0 Å². The maximum Gasteiger partial charge on any atom is 0.258 e. The van der Waals surface area contributed by atoms with Crippen LogP contribution in [0.5, 0.6) is 11.5 Å². The van der Waals surface area contributed by atoms with Gasteiger partial charge in [-0.1, -0.05) is 12.1 Å². The van der Waals surface area contributed by atoms with Crippen LogP contribution < -0.4 is 20.1 Å². The molecule has 2 aromatic rings. The van der Waals surface area contributed by atoms with Gasteiger partial charge >= 0.3 is 0 Å². The average molecular weight is 455 g/mol. The summed E-state index contributed by atoms with van der Waals surface area (Å²) in [5, 5.41) is 5.72. The molecule has 0 bridgehead atoms. The molecule has 3 rings (SSSR count). The van der Waals surface area contributed by atoms with E-state index in [9.17, 15) is 9.59 Å². The fraction of sp³-hybridized carbons (Fsp3) is 0.440. The first-order valence-electron chi connectivity index (χ1n) is 11.3. The van der Waals surface area contributed by atoms with E-state index in [4.69, 9.17) is 9.47 Å². The lowest BCUT2D eigenvalue weighted by Crippen LogP contribution is -2.43. The van der Waals surface area contributed by atoms with Crippen molar-refractivity contribution in [3.8, 4) is 11.5 Å². The second kappa shape index (κ2) is 11.7. The molecular formula is C25H34N4O4. The fourth-order valence-corrected chi connectivity index (χ4v) is 3.65. The highest BCUT2D eigenvalue weighted by atomic mass is 16.5. The van der Waals surface area contributed by atoms with Crippen molar-refractivity contribution >= 4 is 17.5 Å². The molecule has 33 heavy (non-hydrogen) atoms. The quantitative estimate of drug-likeness (QED) is 0.606. The first kappa shape index (κ1) is 24.5. The lowest BCUT2D eigenvalue weighted by molar-refractivity contribution is -0.123. The molecule has 0 aromatic heterocycles. The van der Waals surface area contributed by atoms with Gasteiger partial charge in [-0.2, -0.15) is 0 Å². The van der Waals surface area contributed by atoms with Gasteiger partial charge in [-0.05, 0) is 56.8 Å². The molecule has 8 nitrogen and oxygen atoms in total. The fourth-order valence-electron chi connectivity index (χ4n) is 3.65. The van der Waals surface area contributed by atoms with E-state index in [0.29, 0.717) is 17.1 Å². The van der Waals surface area contributed by atoms with Crippen LogP contribution in [-0.2, 0) is 11.3 Å². The SMILES string of the molecule is COc1cc(C(=O)Nc2cccc(CN3CCN(C)CC3)c2)ccc1OCC(=O)NC(C)C. The van der Waals surface area contributed by atoms with Crippen LogP contribution in [-0.4, -0.2) is 74.6 Å². The summed E-state index contributed by atoms with van der Waals surface area (Å²) >= 11 is 0. The normalized spacial score (nSPS) is 14.7.